The van der Waals surface area contributed by atoms with Crippen LogP contribution in [-0.2, 0) is 4.74 Å². The number of hydrogen-bond acceptors (Lipinski definition) is 6. The smallest absolute Gasteiger partial charge is 0.229 e. The number of ether oxygens (including phenoxy) is 1. The van der Waals surface area contributed by atoms with Crippen molar-refractivity contribution >= 4 is 51.6 Å². The molecule has 1 aliphatic heterocycles. The van der Waals surface area contributed by atoms with E-state index >= 15 is 0 Å². The molecule has 0 aliphatic carbocycles. The maximum Gasteiger partial charge on any atom is 0.229 e. The van der Waals surface area contributed by atoms with Gasteiger partial charge in [0.05, 0.1) is 12.1 Å². The molecular weight excluding hydrogens is 421 g/mol. The summed E-state index contributed by atoms with van der Waals surface area (Å²) >= 11 is 12.3. The lowest BCUT2D eigenvalue weighted by Crippen LogP contribution is -2.40. The molecule has 2 aromatic carbocycles. The minimum Gasteiger partial charge on any atom is -0.383 e. The van der Waals surface area contributed by atoms with Crippen molar-refractivity contribution in [2.24, 2.45) is 0 Å². The van der Waals surface area contributed by atoms with Crippen LogP contribution in [0.2, 0.25) is 10.0 Å². The van der Waals surface area contributed by atoms with Gasteiger partial charge in [0, 0.05) is 53.9 Å². The van der Waals surface area contributed by atoms with Gasteiger partial charge in [-0.3, -0.25) is 0 Å². The highest BCUT2D eigenvalue weighted by Crippen LogP contribution is 2.28. The number of piperidine rings is 1. The quantitative estimate of drug-likeness (QED) is 0.520. The van der Waals surface area contributed by atoms with Crippen molar-refractivity contribution < 1.29 is 4.74 Å². The molecule has 1 saturated heterocycles. The third kappa shape index (κ3) is 5.32. The zero-order valence-electron chi connectivity index (χ0n) is 16.9. The molecule has 8 heteroatoms. The van der Waals surface area contributed by atoms with E-state index in [1.165, 1.54) is 0 Å². The van der Waals surface area contributed by atoms with Crippen molar-refractivity contribution in [1.29, 1.82) is 0 Å². The van der Waals surface area contributed by atoms with E-state index in [0.717, 1.165) is 61.5 Å². The molecule has 3 aromatic rings. The number of rotatable bonds is 7. The Bertz CT molecular complexity index is 988. The number of methoxy groups -OCH3 is 1. The minimum atomic E-state index is 0.371. The van der Waals surface area contributed by atoms with Crippen LogP contribution >= 0.6 is 23.2 Å². The van der Waals surface area contributed by atoms with E-state index in [0.29, 0.717) is 22.0 Å². The fourth-order valence-corrected chi connectivity index (χ4v) is 4.24. The molecule has 1 aliphatic rings. The highest BCUT2D eigenvalue weighted by atomic mass is 35.5. The standard InChI is InChI=1S/C22H25Cl2N5O/c1-30-11-10-29-8-6-17(7-9-29)25-21-19-4-2-3-5-20(19)27-22(28-21)26-18-13-15(23)12-16(24)14-18/h2-5,12-14,17H,6-11H2,1H3,(H2,25,26,27,28). The highest BCUT2D eigenvalue weighted by molar-refractivity contribution is 6.35. The summed E-state index contributed by atoms with van der Waals surface area (Å²) in [6, 6.07) is 13.7. The van der Waals surface area contributed by atoms with Crippen LogP contribution in [0.15, 0.2) is 42.5 Å². The lowest BCUT2D eigenvalue weighted by atomic mass is 10.0. The Morgan fingerprint density at radius 3 is 2.53 bits per heavy atom. The van der Waals surface area contributed by atoms with Gasteiger partial charge in [-0.2, -0.15) is 4.98 Å². The second kappa shape index (κ2) is 9.79. The molecule has 0 unspecified atom stereocenters. The molecule has 2 heterocycles. The molecule has 158 valence electrons. The summed E-state index contributed by atoms with van der Waals surface area (Å²) < 4.78 is 5.19. The maximum absolute atomic E-state index is 6.13. The van der Waals surface area contributed by atoms with Crippen molar-refractivity contribution in [1.82, 2.24) is 14.9 Å². The fraction of sp³-hybridized carbons (Fsp3) is 0.364. The Hall–Kier alpha value is -2.12. The van der Waals surface area contributed by atoms with E-state index < -0.39 is 0 Å². The number of aromatic nitrogens is 2. The van der Waals surface area contributed by atoms with E-state index in [9.17, 15) is 0 Å². The molecule has 6 nitrogen and oxygen atoms in total. The van der Waals surface area contributed by atoms with Gasteiger partial charge in [0.2, 0.25) is 5.95 Å². The van der Waals surface area contributed by atoms with Crippen molar-refractivity contribution in [2.45, 2.75) is 18.9 Å². The van der Waals surface area contributed by atoms with Gasteiger partial charge < -0.3 is 20.3 Å². The molecule has 2 N–H and O–H groups in total. The number of para-hydroxylation sites is 1. The first kappa shape index (κ1) is 21.1. The van der Waals surface area contributed by atoms with Crippen LogP contribution in [0.3, 0.4) is 0 Å². The predicted octanol–water partition coefficient (Wildman–Crippen LogP) is 5.20. The first-order valence-electron chi connectivity index (χ1n) is 10.1. The first-order valence-corrected chi connectivity index (χ1v) is 10.8. The molecule has 1 aromatic heterocycles. The van der Waals surface area contributed by atoms with E-state index in [2.05, 4.69) is 20.5 Å². The van der Waals surface area contributed by atoms with Crippen molar-refractivity contribution in [3.05, 3.63) is 52.5 Å². The Kier molecular flexibility index (Phi) is 6.89. The van der Waals surface area contributed by atoms with Gasteiger partial charge in [-0.15, -0.1) is 0 Å². The van der Waals surface area contributed by atoms with E-state index in [1.807, 2.05) is 24.3 Å². The Balaban J connectivity index is 1.54. The lowest BCUT2D eigenvalue weighted by Gasteiger charge is -2.32. The van der Waals surface area contributed by atoms with Crippen LogP contribution in [0.5, 0.6) is 0 Å². The van der Waals surface area contributed by atoms with Crippen molar-refractivity contribution in [3.63, 3.8) is 0 Å². The van der Waals surface area contributed by atoms with E-state index in [1.54, 1.807) is 25.3 Å². The van der Waals surface area contributed by atoms with Gasteiger partial charge >= 0.3 is 0 Å². The number of nitrogens with one attached hydrogen (secondary N) is 2. The topological polar surface area (TPSA) is 62.3 Å². The third-order valence-electron chi connectivity index (χ3n) is 5.26. The van der Waals surface area contributed by atoms with Gasteiger partial charge in [0.25, 0.3) is 0 Å². The number of hydrogen-bond donors (Lipinski definition) is 2. The first-order chi connectivity index (χ1) is 14.6. The van der Waals surface area contributed by atoms with Crippen molar-refractivity contribution in [3.8, 4) is 0 Å². The summed E-state index contributed by atoms with van der Waals surface area (Å²) in [5, 5.41) is 9.01. The van der Waals surface area contributed by atoms with E-state index in [-0.39, 0.29) is 0 Å². The van der Waals surface area contributed by atoms with Crippen molar-refractivity contribution in [2.75, 3.05) is 44.0 Å². The molecule has 0 bridgehead atoms. The molecule has 1 fully saturated rings. The van der Waals surface area contributed by atoms with Crippen LogP contribution in [0.1, 0.15) is 12.8 Å². The zero-order valence-corrected chi connectivity index (χ0v) is 18.4. The predicted molar refractivity (Wildman–Crippen MR) is 124 cm³/mol. The molecule has 0 atom stereocenters. The lowest BCUT2D eigenvalue weighted by molar-refractivity contribution is 0.132. The number of benzene rings is 2. The summed E-state index contributed by atoms with van der Waals surface area (Å²) in [4.78, 5) is 11.9. The monoisotopic (exact) mass is 445 g/mol. The second-order valence-corrected chi connectivity index (χ2v) is 8.32. The van der Waals surface area contributed by atoms with Crippen LogP contribution < -0.4 is 10.6 Å². The molecule has 0 saturated carbocycles. The number of nitrogens with zero attached hydrogens (tertiary/aromatic N) is 3. The zero-order chi connectivity index (χ0) is 20.9. The summed E-state index contributed by atoms with van der Waals surface area (Å²) in [7, 11) is 1.75. The number of fused-ring (bicyclic) bond motifs is 1. The largest absolute Gasteiger partial charge is 0.383 e. The number of halogens is 2. The number of likely N-dealkylation sites (tertiary alicyclic amines) is 1. The maximum atomic E-state index is 6.13. The Labute approximate surface area is 186 Å². The summed E-state index contributed by atoms with van der Waals surface area (Å²) in [5.74, 6) is 1.35. The van der Waals surface area contributed by atoms with E-state index in [4.69, 9.17) is 32.9 Å². The highest BCUT2D eigenvalue weighted by Gasteiger charge is 2.20. The molecule has 0 amide bonds. The molecular formula is C22H25Cl2N5O. The SMILES string of the molecule is COCCN1CCC(Nc2nc(Nc3cc(Cl)cc(Cl)c3)nc3ccccc23)CC1. The summed E-state index contributed by atoms with van der Waals surface area (Å²) in [5.41, 5.74) is 1.63. The fourth-order valence-electron chi connectivity index (χ4n) is 3.71. The van der Waals surface area contributed by atoms with Gasteiger partial charge in [0.1, 0.15) is 5.82 Å². The third-order valence-corrected chi connectivity index (χ3v) is 5.70. The molecule has 0 spiro atoms. The Morgan fingerprint density at radius 2 is 1.80 bits per heavy atom. The summed E-state index contributed by atoms with van der Waals surface area (Å²) in [6.07, 6.45) is 2.13. The Morgan fingerprint density at radius 1 is 1.07 bits per heavy atom. The summed E-state index contributed by atoms with van der Waals surface area (Å²) in [6.45, 7) is 3.86. The number of anilines is 3. The van der Waals surface area contributed by atoms with Crippen LogP contribution in [0.4, 0.5) is 17.5 Å². The minimum absolute atomic E-state index is 0.371. The molecule has 4 rings (SSSR count). The van der Waals surface area contributed by atoms with Gasteiger partial charge in [0.15, 0.2) is 0 Å². The molecule has 0 radical (unpaired) electrons. The average Bonchev–Trinajstić information content (AvgIpc) is 2.72. The van der Waals surface area contributed by atoms with Gasteiger partial charge in [-0.05, 0) is 43.2 Å². The van der Waals surface area contributed by atoms with Gasteiger partial charge in [-0.1, -0.05) is 35.3 Å². The van der Waals surface area contributed by atoms with Crippen LogP contribution in [0, 0.1) is 0 Å². The van der Waals surface area contributed by atoms with Gasteiger partial charge in [-0.25, -0.2) is 4.98 Å². The average molecular weight is 446 g/mol. The molecule has 30 heavy (non-hydrogen) atoms. The second-order valence-electron chi connectivity index (χ2n) is 7.45. The van der Waals surface area contributed by atoms with Crippen LogP contribution in [-0.4, -0.2) is 54.3 Å². The van der Waals surface area contributed by atoms with Crippen LogP contribution in [0.25, 0.3) is 10.9 Å². The normalized spacial score (nSPS) is 15.4.